The van der Waals surface area contributed by atoms with Crippen molar-refractivity contribution in [2.45, 2.75) is 6.92 Å². The van der Waals surface area contributed by atoms with Crippen LogP contribution >= 0.6 is 0 Å². The molecule has 2 N–H and O–H groups in total. The molecule has 0 aliphatic heterocycles. The van der Waals surface area contributed by atoms with Gasteiger partial charge in [-0.25, -0.2) is 5.43 Å². The minimum absolute atomic E-state index is 0.183. The summed E-state index contributed by atoms with van der Waals surface area (Å²) in [5.41, 5.74) is 5.54. The highest BCUT2D eigenvalue weighted by molar-refractivity contribution is 5.84. The molecule has 2 aromatic rings. The Morgan fingerprint density at radius 2 is 1.80 bits per heavy atom. The fourth-order valence-electron chi connectivity index (χ4n) is 1.61. The first-order valence-corrected chi connectivity index (χ1v) is 6.41. The maximum Gasteiger partial charge on any atom is 0.259 e. The molecule has 0 heterocycles. The standard InChI is InChI=1S/C16H17N3O/c1-13-7-9-14(10-8-13)11-18-19-16(20)12-17-15-5-3-2-4-6-15/h2-11,17H,12H2,1H3,(H,19,20)/b18-11+. The highest BCUT2D eigenvalue weighted by Gasteiger charge is 1.98. The molecule has 0 saturated carbocycles. The van der Waals surface area contributed by atoms with Crippen molar-refractivity contribution in [1.82, 2.24) is 5.43 Å². The number of hydrogen-bond donors (Lipinski definition) is 2. The normalized spacial score (nSPS) is 10.4. The van der Waals surface area contributed by atoms with Gasteiger partial charge in [-0.3, -0.25) is 4.79 Å². The third kappa shape index (κ3) is 4.57. The van der Waals surface area contributed by atoms with E-state index >= 15 is 0 Å². The van der Waals surface area contributed by atoms with Gasteiger partial charge in [-0.2, -0.15) is 5.10 Å². The molecule has 0 aliphatic carbocycles. The van der Waals surface area contributed by atoms with Gasteiger partial charge in [-0.15, -0.1) is 0 Å². The fraction of sp³-hybridized carbons (Fsp3) is 0.125. The van der Waals surface area contributed by atoms with Crippen molar-refractivity contribution in [3.8, 4) is 0 Å². The number of amides is 1. The van der Waals surface area contributed by atoms with E-state index in [-0.39, 0.29) is 12.5 Å². The van der Waals surface area contributed by atoms with Crippen LogP contribution in [0.3, 0.4) is 0 Å². The third-order valence-corrected chi connectivity index (χ3v) is 2.71. The number of hydrogen-bond acceptors (Lipinski definition) is 3. The monoisotopic (exact) mass is 267 g/mol. The zero-order chi connectivity index (χ0) is 14.2. The summed E-state index contributed by atoms with van der Waals surface area (Å²) in [6.45, 7) is 2.22. The van der Waals surface area contributed by atoms with E-state index in [4.69, 9.17) is 0 Å². The Bertz CT molecular complexity index is 576. The number of carbonyl (C=O) groups excluding carboxylic acids is 1. The van der Waals surface area contributed by atoms with Gasteiger partial charge in [0.2, 0.25) is 0 Å². The molecule has 0 aromatic heterocycles. The smallest absolute Gasteiger partial charge is 0.259 e. The Labute approximate surface area is 118 Å². The lowest BCUT2D eigenvalue weighted by Crippen LogP contribution is -2.25. The number of para-hydroxylation sites is 1. The molecule has 0 radical (unpaired) electrons. The van der Waals surface area contributed by atoms with Gasteiger partial charge in [0.05, 0.1) is 12.8 Å². The van der Waals surface area contributed by atoms with Crippen molar-refractivity contribution >= 4 is 17.8 Å². The van der Waals surface area contributed by atoms with E-state index in [9.17, 15) is 4.79 Å². The highest BCUT2D eigenvalue weighted by atomic mass is 16.2. The van der Waals surface area contributed by atoms with E-state index in [1.165, 1.54) is 5.56 Å². The van der Waals surface area contributed by atoms with Crippen molar-refractivity contribution in [2.75, 3.05) is 11.9 Å². The maximum absolute atomic E-state index is 11.6. The Hall–Kier alpha value is -2.62. The van der Waals surface area contributed by atoms with Crippen molar-refractivity contribution in [3.63, 3.8) is 0 Å². The molecule has 4 heteroatoms. The summed E-state index contributed by atoms with van der Waals surface area (Å²) in [6.07, 6.45) is 1.62. The van der Waals surface area contributed by atoms with Crippen molar-refractivity contribution in [2.24, 2.45) is 5.10 Å². The zero-order valence-corrected chi connectivity index (χ0v) is 11.3. The lowest BCUT2D eigenvalue weighted by Gasteiger charge is -2.04. The number of benzene rings is 2. The summed E-state index contributed by atoms with van der Waals surface area (Å²) in [5, 5.41) is 6.93. The van der Waals surface area contributed by atoms with Crippen LogP contribution in [0.25, 0.3) is 0 Å². The molecule has 0 atom stereocenters. The molecule has 0 saturated heterocycles. The predicted octanol–water partition coefficient (Wildman–Crippen LogP) is 2.56. The number of carbonyl (C=O) groups is 1. The van der Waals surface area contributed by atoms with Crippen molar-refractivity contribution in [1.29, 1.82) is 0 Å². The van der Waals surface area contributed by atoms with Gasteiger partial charge >= 0.3 is 0 Å². The number of nitrogens with zero attached hydrogens (tertiary/aromatic N) is 1. The summed E-state index contributed by atoms with van der Waals surface area (Å²) in [5.74, 6) is -0.183. The SMILES string of the molecule is Cc1ccc(/C=N/NC(=O)CNc2ccccc2)cc1. The summed E-state index contributed by atoms with van der Waals surface area (Å²) in [7, 11) is 0. The second kappa shape index (κ2) is 7.09. The minimum Gasteiger partial charge on any atom is -0.376 e. The molecule has 1 amide bonds. The van der Waals surface area contributed by atoms with Crippen molar-refractivity contribution in [3.05, 3.63) is 65.7 Å². The summed E-state index contributed by atoms with van der Waals surface area (Å²) >= 11 is 0. The molecule has 0 unspecified atom stereocenters. The van der Waals surface area contributed by atoms with Crippen LogP contribution < -0.4 is 10.7 Å². The average Bonchev–Trinajstić information content (AvgIpc) is 2.48. The second-order valence-electron chi connectivity index (χ2n) is 4.42. The summed E-state index contributed by atoms with van der Waals surface area (Å²) < 4.78 is 0. The van der Waals surface area contributed by atoms with Gasteiger partial charge in [0.25, 0.3) is 5.91 Å². The Balaban J connectivity index is 1.76. The van der Waals surface area contributed by atoms with Crippen LogP contribution in [-0.2, 0) is 4.79 Å². The van der Waals surface area contributed by atoms with E-state index in [2.05, 4.69) is 15.8 Å². The number of nitrogens with one attached hydrogen (secondary N) is 2. The Morgan fingerprint density at radius 1 is 1.10 bits per heavy atom. The molecule has 0 aliphatic rings. The maximum atomic E-state index is 11.6. The quantitative estimate of drug-likeness (QED) is 0.646. The van der Waals surface area contributed by atoms with Crippen LogP contribution in [0, 0.1) is 6.92 Å². The van der Waals surface area contributed by atoms with Gasteiger partial charge in [0, 0.05) is 5.69 Å². The highest BCUT2D eigenvalue weighted by Crippen LogP contribution is 2.03. The molecule has 2 rings (SSSR count). The number of hydrazone groups is 1. The van der Waals surface area contributed by atoms with E-state index in [0.717, 1.165) is 11.3 Å². The number of rotatable bonds is 5. The number of aryl methyl sites for hydroxylation is 1. The fourth-order valence-corrected chi connectivity index (χ4v) is 1.61. The first-order chi connectivity index (χ1) is 9.74. The topological polar surface area (TPSA) is 53.5 Å². The van der Waals surface area contributed by atoms with E-state index in [1.54, 1.807) is 6.21 Å². The summed E-state index contributed by atoms with van der Waals surface area (Å²) in [6, 6.07) is 17.5. The molecule has 0 bridgehead atoms. The van der Waals surface area contributed by atoms with E-state index in [0.29, 0.717) is 0 Å². The lowest BCUT2D eigenvalue weighted by molar-refractivity contribution is -0.119. The molecular formula is C16H17N3O. The lowest BCUT2D eigenvalue weighted by atomic mass is 10.2. The molecule has 4 nitrogen and oxygen atoms in total. The van der Waals surface area contributed by atoms with Crippen LogP contribution in [0.4, 0.5) is 5.69 Å². The van der Waals surface area contributed by atoms with Crippen LogP contribution in [0.5, 0.6) is 0 Å². The van der Waals surface area contributed by atoms with Crippen LogP contribution in [0.15, 0.2) is 59.7 Å². The molecule has 0 fully saturated rings. The van der Waals surface area contributed by atoms with Crippen LogP contribution in [-0.4, -0.2) is 18.7 Å². The van der Waals surface area contributed by atoms with E-state index in [1.807, 2.05) is 61.5 Å². The third-order valence-electron chi connectivity index (χ3n) is 2.71. The van der Waals surface area contributed by atoms with E-state index < -0.39 is 0 Å². The first kappa shape index (κ1) is 13.8. The average molecular weight is 267 g/mol. The Morgan fingerprint density at radius 3 is 2.50 bits per heavy atom. The van der Waals surface area contributed by atoms with Crippen LogP contribution in [0.1, 0.15) is 11.1 Å². The van der Waals surface area contributed by atoms with Crippen molar-refractivity contribution < 1.29 is 4.79 Å². The molecule has 0 spiro atoms. The second-order valence-corrected chi connectivity index (χ2v) is 4.42. The van der Waals surface area contributed by atoms with Gasteiger partial charge < -0.3 is 5.32 Å². The van der Waals surface area contributed by atoms with Gasteiger partial charge in [-0.1, -0.05) is 48.0 Å². The van der Waals surface area contributed by atoms with Gasteiger partial charge in [-0.05, 0) is 24.6 Å². The molecule has 20 heavy (non-hydrogen) atoms. The molecule has 102 valence electrons. The predicted molar refractivity (Wildman–Crippen MR) is 81.8 cm³/mol. The molecular weight excluding hydrogens is 250 g/mol. The van der Waals surface area contributed by atoms with Gasteiger partial charge in [0.15, 0.2) is 0 Å². The minimum atomic E-state index is -0.183. The van der Waals surface area contributed by atoms with Crippen LogP contribution in [0.2, 0.25) is 0 Å². The molecule has 2 aromatic carbocycles. The first-order valence-electron chi connectivity index (χ1n) is 6.41. The van der Waals surface area contributed by atoms with Gasteiger partial charge in [0.1, 0.15) is 0 Å². The zero-order valence-electron chi connectivity index (χ0n) is 11.3. The number of anilines is 1. The Kier molecular flexibility index (Phi) is 4.89. The largest absolute Gasteiger partial charge is 0.376 e. The summed E-state index contributed by atoms with van der Waals surface area (Å²) in [4.78, 5) is 11.6.